The first-order valence-electron chi connectivity index (χ1n) is 12.8. The van der Waals surface area contributed by atoms with Gasteiger partial charge in [-0.15, -0.1) is 0 Å². The summed E-state index contributed by atoms with van der Waals surface area (Å²) in [6.45, 7) is 12.8. The van der Waals surface area contributed by atoms with Crippen molar-refractivity contribution in [3.05, 3.63) is 42.2 Å². The molecule has 4 rings (SSSR count). The number of fused-ring (bicyclic) bond motifs is 1. The SMILES string of the molecule is CCCOc1c(-c2ccc(C(C)(C)NC(=O)OC(C)(C)C)cn2)ccc2c1cnn2C1CCCCO1. The van der Waals surface area contributed by atoms with Gasteiger partial charge < -0.3 is 19.5 Å². The average molecular weight is 495 g/mol. The van der Waals surface area contributed by atoms with Crippen LogP contribution >= 0.6 is 0 Å². The molecule has 1 N–H and O–H groups in total. The molecule has 1 unspecified atom stereocenters. The van der Waals surface area contributed by atoms with E-state index < -0.39 is 17.2 Å². The van der Waals surface area contributed by atoms with Crippen molar-refractivity contribution in [1.82, 2.24) is 20.1 Å². The number of hydrogen-bond donors (Lipinski definition) is 1. The molecule has 0 bridgehead atoms. The normalized spacial score (nSPS) is 16.7. The molecular formula is C28H38N4O4. The maximum Gasteiger partial charge on any atom is 0.408 e. The number of nitrogens with zero attached hydrogens (tertiary/aromatic N) is 3. The minimum Gasteiger partial charge on any atom is -0.492 e. The van der Waals surface area contributed by atoms with E-state index in [9.17, 15) is 4.79 Å². The molecule has 1 aromatic carbocycles. The van der Waals surface area contributed by atoms with Crippen LogP contribution < -0.4 is 10.1 Å². The van der Waals surface area contributed by atoms with Crippen molar-refractivity contribution in [1.29, 1.82) is 0 Å². The van der Waals surface area contributed by atoms with Crippen LogP contribution in [0, 0.1) is 0 Å². The maximum atomic E-state index is 12.3. The van der Waals surface area contributed by atoms with Crippen molar-refractivity contribution in [3.8, 4) is 17.0 Å². The Balaban J connectivity index is 1.63. The van der Waals surface area contributed by atoms with E-state index in [1.807, 2.05) is 63.7 Å². The van der Waals surface area contributed by atoms with Gasteiger partial charge in [-0.2, -0.15) is 5.10 Å². The summed E-state index contributed by atoms with van der Waals surface area (Å²) in [6, 6.07) is 8.05. The van der Waals surface area contributed by atoms with Crippen LogP contribution in [0.5, 0.6) is 5.75 Å². The Bertz CT molecular complexity index is 1190. The third-order valence-corrected chi connectivity index (χ3v) is 6.18. The summed E-state index contributed by atoms with van der Waals surface area (Å²) in [6.07, 6.45) is 7.24. The highest BCUT2D eigenvalue weighted by Gasteiger charge is 2.27. The summed E-state index contributed by atoms with van der Waals surface area (Å²) in [5, 5.41) is 8.55. The van der Waals surface area contributed by atoms with Crippen molar-refractivity contribution in [2.45, 2.75) is 84.6 Å². The summed E-state index contributed by atoms with van der Waals surface area (Å²) < 4.78 is 19.6. The average Bonchev–Trinajstić information content (AvgIpc) is 3.26. The molecule has 0 saturated carbocycles. The molecule has 2 aromatic heterocycles. The smallest absolute Gasteiger partial charge is 0.408 e. The van der Waals surface area contributed by atoms with Crippen LogP contribution in [-0.4, -0.2) is 39.7 Å². The van der Waals surface area contributed by atoms with E-state index in [-0.39, 0.29) is 6.23 Å². The Morgan fingerprint density at radius 2 is 1.94 bits per heavy atom. The molecule has 0 spiro atoms. The lowest BCUT2D eigenvalue weighted by Crippen LogP contribution is -2.43. The summed E-state index contributed by atoms with van der Waals surface area (Å²) in [5.74, 6) is 0.780. The maximum absolute atomic E-state index is 12.3. The van der Waals surface area contributed by atoms with Gasteiger partial charge in [0.25, 0.3) is 0 Å². The molecule has 1 aliphatic rings. The molecule has 8 heteroatoms. The fraction of sp³-hybridized carbons (Fsp3) is 0.536. The van der Waals surface area contributed by atoms with Gasteiger partial charge in [-0.05, 0) is 84.1 Å². The van der Waals surface area contributed by atoms with Crippen LogP contribution in [0.4, 0.5) is 4.79 Å². The minimum absolute atomic E-state index is 0.0433. The number of rotatable bonds is 7. The quantitative estimate of drug-likeness (QED) is 0.412. The lowest BCUT2D eigenvalue weighted by atomic mass is 9.95. The Labute approximate surface area is 213 Å². The Morgan fingerprint density at radius 3 is 2.58 bits per heavy atom. The van der Waals surface area contributed by atoms with Crippen LogP contribution in [0.3, 0.4) is 0 Å². The zero-order chi connectivity index (χ0) is 25.9. The Hall–Kier alpha value is -3.13. The number of alkyl carbamates (subject to hydrolysis) is 1. The fourth-order valence-corrected chi connectivity index (χ4v) is 4.36. The van der Waals surface area contributed by atoms with E-state index in [4.69, 9.17) is 19.2 Å². The van der Waals surface area contributed by atoms with Crippen LogP contribution in [-0.2, 0) is 15.0 Å². The van der Waals surface area contributed by atoms with Gasteiger partial charge in [-0.3, -0.25) is 4.98 Å². The zero-order valence-electron chi connectivity index (χ0n) is 22.3. The molecule has 8 nitrogen and oxygen atoms in total. The van der Waals surface area contributed by atoms with Crippen LogP contribution in [0.15, 0.2) is 36.7 Å². The van der Waals surface area contributed by atoms with Crippen LogP contribution in [0.2, 0.25) is 0 Å². The number of carbonyl (C=O) groups excluding carboxylic acids is 1. The summed E-state index contributed by atoms with van der Waals surface area (Å²) in [5.41, 5.74) is 2.35. The number of ether oxygens (including phenoxy) is 3. The highest BCUT2D eigenvalue weighted by molar-refractivity contribution is 5.92. The second-order valence-corrected chi connectivity index (χ2v) is 10.8. The minimum atomic E-state index is -0.652. The Kier molecular flexibility index (Phi) is 7.54. The monoisotopic (exact) mass is 494 g/mol. The first kappa shape index (κ1) is 25.9. The topological polar surface area (TPSA) is 87.5 Å². The molecule has 3 aromatic rings. The lowest BCUT2D eigenvalue weighted by Gasteiger charge is -2.29. The molecule has 1 amide bonds. The van der Waals surface area contributed by atoms with E-state index in [2.05, 4.69) is 23.4 Å². The summed E-state index contributed by atoms with van der Waals surface area (Å²) in [7, 11) is 0. The number of carbonyl (C=O) groups is 1. The van der Waals surface area contributed by atoms with Gasteiger partial charge in [0, 0.05) is 18.4 Å². The van der Waals surface area contributed by atoms with Gasteiger partial charge in [-0.1, -0.05) is 13.0 Å². The predicted octanol–water partition coefficient (Wildman–Crippen LogP) is 6.35. The third-order valence-electron chi connectivity index (χ3n) is 6.18. The van der Waals surface area contributed by atoms with Gasteiger partial charge in [0.05, 0.1) is 34.9 Å². The van der Waals surface area contributed by atoms with E-state index >= 15 is 0 Å². The number of aromatic nitrogens is 3. The van der Waals surface area contributed by atoms with Gasteiger partial charge in [0.1, 0.15) is 11.4 Å². The van der Waals surface area contributed by atoms with Gasteiger partial charge in [-0.25, -0.2) is 9.48 Å². The summed E-state index contributed by atoms with van der Waals surface area (Å²) >= 11 is 0. The molecule has 1 saturated heterocycles. The highest BCUT2D eigenvalue weighted by atomic mass is 16.6. The van der Waals surface area contributed by atoms with Crippen molar-refractivity contribution in [2.75, 3.05) is 13.2 Å². The summed E-state index contributed by atoms with van der Waals surface area (Å²) in [4.78, 5) is 17.1. The number of benzene rings is 1. The molecule has 3 heterocycles. The lowest BCUT2D eigenvalue weighted by molar-refractivity contribution is -0.0366. The van der Waals surface area contributed by atoms with Gasteiger partial charge in [0.2, 0.25) is 0 Å². The van der Waals surface area contributed by atoms with E-state index in [1.165, 1.54) is 0 Å². The van der Waals surface area contributed by atoms with Crippen molar-refractivity contribution >= 4 is 17.0 Å². The number of pyridine rings is 1. The number of amides is 1. The van der Waals surface area contributed by atoms with Crippen molar-refractivity contribution in [2.24, 2.45) is 0 Å². The van der Waals surface area contributed by atoms with Crippen LogP contribution in [0.1, 0.15) is 79.0 Å². The molecule has 194 valence electrons. The van der Waals surface area contributed by atoms with Crippen molar-refractivity contribution in [3.63, 3.8) is 0 Å². The molecule has 0 aliphatic carbocycles. The molecule has 1 aliphatic heterocycles. The van der Waals surface area contributed by atoms with Gasteiger partial charge >= 0.3 is 6.09 Å². The molecule has 0 radical (unpaired) electrons. The zero-order valence-corrected chi connectivity index (χ0v) is 22.3. The third kappa shape index (κ3) is 5.81. The van der Waals surface area contributed by atoms with E-state index in [1.54, 1.807) is 6.20 Å². The van der Waals surface area contributed by atoms with E-state index in [0.717, 1.165) is 65.8 Å². The van der Waals surface area contributed by atoms with Crippen molar-refractivity contribution < 1.29 is 19.0 Å². The molecule has 1 atom stereocenters. The predicted molar refractivity (Wildman–Crippen MR) is 140 cm³/mol. The largest absolute Gasteiger partial charge is 0.492 e. The standard InChI is InChI=1S/C28H38N4O4/c1-7-15-35-25-20(12-14-23-21(25)18-30-32(23)24-10-8-9-16-34-24)22-13-11-19(17-29-22)28(5,6)31-26(33)36-27(2,3)4/h11-14,17-18,24H,7-10,15-16H2,1-6H3,(H,31,33). The number of nitrogens with one attached hydrogen (secondary N) is 1. The number of hydrogen-bond acceptors (Lipinski definition) is 6. The highest BCUT2D eigenvalue weighted by Crippen LogP contribution is 2.38. The molecule has 1 fully saturated rings. The Morgan fingerprint density at radius 1 is 1.14 bits per heavy atom. The molecular weight excluding hydrogens is 456 g/mol. The first-order valence-corrected chi connectivity index (χ1v) is 12.8. The van der Waals surface area contributed by atoms with Crippen LogP contribution in [0.25, 0.3) is 22.2 Å². The first-order chi connectivity index (χ1) is 17.1. The van der Waals surface area contributed by atoms with E-state index in [0.29, 0.717) is 6.61 Å². The van der Waals surface area contributed by atoms with Gasteiger partial charge in [0.15, 0.2) is 6.23 Å². The fourth-order valence-electron chi connectivity index (χ4n) is 4.36. The second-order valence-electron chi connectivity index (χ2n) is 10.8. The second kappa shape index (κ2) is 10.5. The molecule has 36 heavy (non-hydrogen) atoms.